The summed E-state index contributed by atoms with van der Waals surface area (Å²) >= 11 is 0. The molecule has 12 heteroatoms. The van der Waals surface area contributed by atoms with Crippen molar-refractivity contribution in [3.8, 4) is 17.2 Å². The second-order valence-electron chi connectivity index (χ2n) is 8.95. The summed E-state index contributed by atoms with van der Waals surface area (Å²) in [7, 11) is -1.37. The molecule has 0 saturated carbocycles. The smallest absolute Gasteiger partial charge is 0.264 e. The van der Waals surface area contributed by atoms with E-state index in [1.807, 2.05) is 0 Å². The minimum absolute atomic E-state index is 0.0265. The summed E-state index contributed by atoms with van der Waals surface area (Å²) in [4.78, 5) is 27.5. The molecule has 0 radical (unpaired) electrons. The van der Waals surface area contributed by atoms with Gasteiger partial charge in [-0.2, -0.15) is 0 Å². The zero-order valence-corrected chi connectivity index (χ0v) is 23.1. The van der Waals surface area contributed by atoms with Gasteiger partial charge in [-0.3, -0.25) is 13.9 Å². The van der Waals surface area contributed by atoms with Crippen molar-refractivity contribution in [1.82, 2.24) is 10.2 Å². The topological polar surface area (TPSA) is 114 Å². The number of ether oxygens (including phenoxy) is 3. The molecule has 0 aliphatic carbocycles. The standard InChI is InChI=1S/C28H30FN3O7S/c1-19(28(34)30-2)31(17-20-4-10-23(37-3)11-5-20)27(33)18-32(22-8-6-21(29)7-9-22)40(35,36)24-12-13-25-26(16-24)39-15-14-38-25/h4-13,16,19H,14-15,17-18H2,1-3H3,(H,30,34). The van der Waals surface area contributed by atoms with Gasteiger partial charge in [-0.05, 0) is 61.0 Å². The number of nitrogens with zero attached hydrogens (tertiary/aromatic N) is 2. The van der Waals surface area contributed by atoms with Crippen molar-refractivity contribution in [3.63, 3.8) is 0 Å². The highest BCUT2D eigenvalue weighted by atomic mass is 32.2. The third-order valence-corrected chi connectivity index (χ3v) is 8.19. The minimum atomic E-state index is -4.35. The fourth-order valence-electron chi connectivity index (χ4n) is 4.17. The minimum Gasteiger partial charge on any atom is -0.497 e. The average Bonchev–Trinajstić information content (AvgIpc) is 2.98. The van der Waals surface area contributed by atoms with E-state index < -0.39 is 40.2 Å². The first kappa shape index (κ1) is 28.7. The van der Waals surface area contributed by atoms with Crippen LogP contribution in [0.3, 0.4) is 0 Å². The Bertz CT molecular complexity index is 1460. The van der Waals surface area contributed by atoms with E-state index in [0.717, 1.165) is 16.4 Å². The van der Waals surface area contributed by atoms with Crippen LogP contribution in [0.4, 0.5) is 10.1 Å². The number of halogens is 1. The molecule has 0 saturated heterocycles. The number of anilines is 1. The molecule has 3 aromatic carbocycles. The maximum Gasteiger partial charge on any atom is 0.264 e. The lowest BCUT2D eigenvalue weighted by atomic mass is 10.1. The predicted molar refractivity (Wildman–Crippen MR) is 145 cm³/mol. The largest absolute Gasteiger partial charge is 0.497 e. The third kappa shape index (κ3) is 6.28. The Kier molecular flexibility index (Phi) is 8.78. The zero-order valence-electron chi connectivity index (χ0n) is 22.3. The van der Waals surface area contributed by atoms with E-state index >= 15 is 0 Å². The monoisotopic (exact) mass is 571 g/mol. The number of nitrogens with one attached hydrogen (secondary N) is 1. The molecule has 0 bridgehead atoms. The number of benzene rings is 3. The van der Waals surface area contributed by atoms with Gasteiger partial charge < -0.3 is 24.4 Å². The number of likely N-dealkylation sites (N-methyl/N-ethyl adjacent to an activating group) is 1. The highest BCUT2D eigenvalue weighted by Gasteiger charge is 2.33. The summed E-state index contributed by atoms with van der Waals surface area (Å²) in [6.45, 7) is 1.52. The van der Waals surface area contributed by atoms with Crippen molar-refractivity contribution >= 4 is 27.5 Å². The lowest BCUT2D eigenvalue weighted by molar-refractivity contribution is -0.139. The summed E-state index contributed by atoms with van der Waals surface area (Å²) in [6.07, 6.45) is 0. The van der Waals surface area contributed by atoms with Crippen LogP contribution >= 0.6 is 0 Å². The van der Waals surface area contributed by atoms with Crippen molar-refractivity contribution in [1.29, 1.82) is 0 Å². The molecule has 1 atom stereocenters. The number of carbonyl (C=O) groups is 2. The van der Waals surface area contributed by atoms with Crippen LogP contribution in [0.25, 0.3) is 0 Å². The maximum atomic E-state index is 13.9. The van der Waals surface area contributed by atoms with Gasteiger partial charge in [-0.25, -0.2) is 12.8 Å². The molecule has 0 spiro atoms. The predicted octanol–water partition coefficient (Wildman–Crippen LogP) is 2.96. The summed E-state index contributed by atoms with van der Waals surface area (Å²) in [5.74, 6) is -0.357. The molecule has 10 nitrogen and oxygen atoms in total. The highest BCUT2D eigenvalue weighted by Crippen LogP contribution is 2.34. The normalized spacial score (nSPS) is 13.2. The van der Waals surface area contributed by atoms with E-state index in [4.69, 9.17) is 14.2 Å². The molecule has 1 aliphatic heterocycles. The molecule has 1 heterocycles. The van der Waals surface area contributed by atoms with E-state index in [0.29, 0.717) is 23.7 Å². The molecule has 1 unspecified atom stereocenters. The Balaban J connectivity index is 1.71. The Morgan fingerprint density at radius 1 is 1.00 bits per heavy atom. The number of hydrogen-bond acceptors (Lipinski definition) is 7. The second-order valence-corrected chi connectivity index (χ2v) is 10.8. The van der Waals surface area contributed by atoms with E-state index in [1.54, 1.807) is 31.2 Å². The molecule has 212 valence electrons. The summed E-state index contributed by atoms with van der Waals surface area (Å²) in [6, 6.07) is 14.9. The summed E-state index contributed by atoms with van der Waals surface area (Å²) < 4.78 is 58.7. The first-order valence-corrected chi connectivity index (χ1v) is 13.9. The zero-order chi connectivity index (χ0) is 28.9. The molecule has 2 amide bonds. The first-order chi connectivity index (χ1) is 19.1. The van der Waals surface area contributed by atoms with Gasteiger partial charge in [-0.1, -0.05) is 12.1 Å². The van der Waals surface area contributed by atoms with Gasteiger partial charge in [0, 0.05) is 19.7 Å². The fourth-order valence-corrected chi connectivity index (χ4v) is 5.60. The van der Waals surface area contributed by atoms with Crippen LogP contribution in [-0.2, 0) is 26.2 Å². The Morgan fingerprint density at radius 3 is 2.27 bits per heavy atom. The SMILES string of the molecule is CNC(=O)C(C)N(Cc1ccc(OC)cc1)C(=O)CN(c1ccc(F)cc1)S(=O)(=O)c1ccc2c(c1)OCCO2. The third-order valence-electron chi connectivity index (χ3n) is 6.42. The fraction of sp³-hybridized carbons (Fsp3) is 0.286. The maximum absolute atomic E-state index is 13.9. The van der Waals surface area contributed by atoms with E-state index in [1.165, 1.54) is 49.4 Å². The molecular formula is C28H30FN3O7S. The highest BCUT2D eigenvalue weighted by molar-refractivity contribution is 7.92. The number of fused-ring (bicyclic) bond motifs is 1. The molecule has 1 aliphatic rings. The molecule has 40 heavy (non-hydrogen) atoms. The quantitative estimate of drug-likeness (QED) is 0.398. The van der Waals surface area contributed by atoms with Crippen LogP contribution in [0.1, 0.15) is 12.5 Å². The molecule has 1 N–H and O–H groups in total. The lowest BCUT2D eigenvalue weighted by Gasteiger charge is -2.32. The van der Waals surface area contributed by atoms with Gasteiger partial charge in [0.2, 0.25) is 11.8 Å². The van der Waals surface area contributed by atoms with Crippen molar-refractivity contribution in [2.75, 3.05) is 38.2 Å². The molecule has 3 aromatic rings. The van der Waals surface area contributed by atoms with Gasteiger partial charge in [-0.15, -0.1) is 0 Å². The molecule has 4 rings (SSSR count). The number of methoxy groups -OCH3 is 1. The van der Waals surface area contributed by atoms with Crippen LogP contribution in [0.2, 0.25) is 0 Å². The average molecular weight is 572 g/mol. The van der Waals surface area contributed by atoms with Gasteiger partial charge in [0.15, 0.2) is 11.5 Å². The first-order valence-electron chi connectivity index (χ1n) is 12.5. The van der Waals surface area contributed by atoms with E-state index in [-0.39, 0.29) is 29.5 Å². The van der Waals surface area contributed by atoms with E-state index in [9.17, 15) is 22.4 Å². The van der Waals surface area contributed by atoms with Gasteiger partial charge >= 0.3 is 0 Å². The van der Waals surface area contributed by atoms with Gasteiger partial charge in [0.05, 0.1) is 17.7 Å². The van der Waals surface area contributed by atoms with Gasteiger partial charge in [0.1, 0.15) is 37.4 Å². The van der Waals surface area contributed by atoms with Crippen molar-refractivity contribution < 1.29 is 36.6 Å². The van der Waals surface area contributed by atoms with Gasteiger partial charge in [0.25, 0.3) is 10.0 Å². The molecular weight excluding hydrogens is 541 g/mol. The number of rotatable bonds is 10. The van der Waals surface area contributed by atoms with Crippen LogP contribution in [0.15, 0.2) is 71.6 Å². The Morgan fingerprint density at radius 2 is 1.65 bits per heavy atom. The molecule has 0 fully saturated rings. The van der Waals surface area contributed by atoms with Crippen molar-refractivity contribution in [2.24, 2.45) is 0 Å². The Hall–Kier alpha value is -4.32. The number of carbonyl (C=O) groups excluding carboxylic acids is 2. The molecule has 0 aromatic heterocycles. The summed E-state index contributed by atoms with van der Waals surface area (Å²) in [5, 5.41) is 2.53. The Labute approximate surface area is 232 Å². The number of hydrogen-bond donors (Lipinski definition) is 1. The van der Waals surface area contributed by atoms with Crippen LogP contribution in [-0.4, -0.2) is 65.1 Å². The number of amides is 2. The van der Waals surface area contributed by atoms with Crippen molar-refractivity contribution in [2.45, 2.75) is 24.4 Å². The summed E-state index contributed by atoms with van der Waals surface area (Å²) in [5.41, 5.74) is 0.773. The van der Waals surface area contributed by atoms with Crippen LogP contribution < -0.4 is 23.8 Å². The van der Waals surface area contributed by atoms with Crippen LogP contribution in [0, 0.1) is 5.82 Å². The lowest BCUT2D eigenvalue weighted by Crippen LogP contribution is -2.50. The van der Waals surface area contributed by atoms with Crippen LogP contribution in [0.5, 0.6) is 17.2 Å². The van der Waals surface area contributed by atoms with Crippen molar-refractivity contribution in [3.05, 3.63) is 78.1 Å². The number of sulfonamides is 1. The second kappa shape index (κ2) is 12.2. The van der Waals surface area contributed by atoms with E-state index in [2.05, 4.69) is 5.32 Å².